The molecule has 0 amide bonds. The molecule has 3 rings (SSSR count). The number of piperidine rings is 1. The predicted octanol–water partition coefficient (Wildman–Crippen LogP) is 5.69. The Balaban J connectivity index is 2.17. The van der Waals surface area contributed by atoms with Crippen molar-refractivity contribution in [1.29, 1.82) is 0 Å². The minimum atomic E-state index is 0.397. The summed E-state index contributed by atoms with van der Waals surface area (Å²) in [6.07, 6.45) is 1.10. The monoisotopic (exact) mass is 347 g/mol. The molecule has 0 saturated carbocycles. The Kier molecular flexibility index (Phi) is 5.26. The maximum atomic E-state index is 5.13. The van der Waals surface area contributed by atoms with Crippen LogP contribution in [0.5, 0.6) is 0 Å². The summed E-state index contributed by atoms with van der Waals surface area (Å²) >= 11 is 0. The third-order valence-electron chi connectivity index (χ3n) is 5.28. The maximum Gasteiger partial charge on any atom is 0.151 e. The molecule has 0 aromatic heterocycles. The van der Waals surface area contributed by atoms with E-state index in [1.165, 1.54) is 22.3 Å². The third kappa shape index (κ3) is 3.57. The first kappa shape index (κ1) is 18.4. The number of hydrogen-bond donors (Lipinski definition) is 0. The van der Waals surface area contributed by atoms with Gasteiger partial charge >= 0.3 is 0 Å². The number of rotatable bonds is 2. The largest absolute Gasteiger partial charge is 0.358 e. The van der Waals surface area contributed by atoms with Crippen molar-refractivity contribution in [2.45, 2.75) is 41.0 Å². The van der Waals surface area contributed by atoms with Crippen molar-refractivity contribution in [3.63, 3.8) is 0 Å². The smallest absolute Gasteiger partial charge is 0.151 e. The number of amidine groups is 1. The first-order valence-corrected chi connectivity index (χ1v) is 9.39. The number of benzene rings is 2. The van der Waals surface area contributed by atoms with Gasteiger partial charge in [0.05, 0.1) is 17.1 Å². The van der Waals surface area contributed by atoms with Gasteiger partial charge in [-0.3, -0.25) is 0 Å². The zero-order valence-electron chi connectivity index (χ0n) is 16.8. The summed E-state index contributed by atoms with van der Waals surface area (Å²) in [7, 11) is 2.12. The molecule has 1 atom stereocenters. The molecule has 1 aliphatic rings. The lowest BCUT2D eigenvalue weighted by molar-refractivity contribution is 0.445. The van der Waals surface area contributed by atoms with Crippen molar-refractivity contribution in [1.82, 2.24) is 4.90 Å². The van der Waals surface area contributed by atoms with E-state index in [0.717, 1.165) is 35.9 Å². The Hall–Kier alpha value is -2.42. The number of likely N-dealkylation sites (tertiary alicyclic amines) is 1. The Bertz CT molecular complexity index is 763. The Labute approximate surface area is 157 Å². The molecular weight excluding hydrogens is 318 g/mol. The average molecular weight is 348 g/mol. The Morgan fingerprint density at radius 2 is 1.27 bits per heavy atom. The summed E-state index contributed by atoms with van der Waals surface area (Å²) in [5, 5.41) is 0. The van der Waals surface area contributed by atoms with E-state index in [9.17, 15) is 0 Å². The molecular formula is C23H29N3. The molecule has 2 aromatic rings. The van der Waals surface area contributed by atoms with Crippen molar-refractivity contribution < 1.29 is 0 Å². The van der Waals surface area contributed by atoms with E-state index in [1.54, 1.807) is 0 Å². The summed E-state index contributed by atoms with van der Waals surface area (Å²) in [5.41, 5.74) is 8.08. The van der Waals surface area contributed by atoms with E-state index in [4.69, 9.17) is 9.98 Å². The molecule has 1 unspecified atom stereocenters. The van der Waals surface area contributed by atoms with Gasteiger partial charge in [-0.15, -0.1) is 0 Å². The van der Waals surface area contributed by atoms with Crippen LogP contribution in [0.3, 0.4) is 0 Å². The van der Waals surface area contributed by atoms with Crippen molar-refractivity contribution in [3.05, 3.63) is 58.7 Å². The minimum Gasteiger partial charge on any atom is -0.358 e. The number of aliphatic imine (C=N–C) groups is 2. The second-order valence-electron chi connectivity index (χ2n) is 7.52. The molecule has 3 nitrogen and oxygen atoms in total. The molecule has 0 N–H and O–H groups in total. The third-order valence-corrected chi connectivity index (χ3v) is 5.28. The van der Waals surface area contributed by atoms with Gasteiger partial charge in [-0.25, -0.2) is 9.98 Å². The lowest BCUT2D eigenvalue weighted by Crippen LogP contribution is -2.43. The van der Waals surface area contributed by atoms with E-state index in [0.29, 0.717) is 5.92 Å². The highest BCUT2D eigenvalue weighted by molar-refractivity contribution is 6.43. The van der Waals surface area contributed by atoms with Crippen LogP contribution in [-0.4, -0.2) is 30.0 Å². The lowest BCUT2D eigenvalue weighted by Gasteiger charge is -2.32. The summed E-state index contributed by atoms with van der Waals surface area (Å²) in [6.45, 7) is 11.8. The summed E-state index contributed by atoms with van der Waals surface area (Å²) in [5.74, 6) is 1.40. The molecule has 0 radical (unpaired) electrons. The van der Waals surface area contributed by atoms with E-state index in [1.807, 2.05) is 0 Å². The van der Waals surface area contributed by atoms with Crippen LogP contribution in [0.4, 0.5) is 11.4 Å². The second-order valence-corrected chi connectivity index (χ2v) is 7.52. The molecule has 1 fully saturated rings. The van der Waals surface area contributed by atoms with Gasteiger partial charge in [0.25, 0.3) is 0 Å². The highest BCUT2D eigenvalue weighted by atomic mass is 15.2. The molecule has 0 spiro atoms. The Morgan fingerprint density at radius 1 is 0.808 bits per heavy atom. The van der Waals surface area contributed by atoms with Crippen LogP contribution < -0.4 is 0 Å². The van der Waals surface area contributed by atoms with Gasteiger partial charge in [0.15, 0.2) is 5.84 Å². The fraction of sp³-hybridized carbons (Fsp3) is 0.391. The molecule has 0 aliphatic carbocycles. The molecule has 26 heavy (non-hydrogen) atoms. The molecule has 1 saturated heterocycles. The molecule has 3 heteroatoms. The predicted molar refractivity (Wildman–Crippen MR) is 112 cm³/mol. The van der Waals surface area contributed by atoms with Crippen LogP contribution in [0.25, 0.3) is 0 Å². The van der Waals surface area contributed by atoms with Crippen molar-refractivity contribution in [2.75, 3.05) is 13.6 Å². The summed E-state index contributed by atoms with van der Waals surface area (Å²) in [6, 6.07) is 12.7. The second kappa shape index (κ2) is 7.45. The van der Waals surface area contributed by atoms with Crippen LogP contribution >= 0.6 is 0 Å². The van der Waals surface area contributed by atoms with Crippen LogP contribution in [0.15, 0.2) is 46.4 Å². The van der Waals surface area contributed by atoms with Crippen molar-refractivity contribution in [2.24, 2.45) is 15.9 Å². The highest BCUT2D eigenvalue weighted by Gasteiger charge is 2.27. The molecule has 1 aliphatic heterocycles. The molecule has 136 valence electrons. The van der Waals surface area contributed by atoms with E-state index in [2.05, 4.69) is 83.0 Å². The zero-order valence-corrected chi connectivity index (χ0v) is 16.8. The molecule has 0 bridgehead atoms. The fourth-order valence-corrected chi connectivity index (χ4v) is 3.54. The van der Waals surface area contributed by atoms with Crippen LogP contribution in [-0.2, 0) is 0 Å². The van der Waals surface area contributed by atoms with Gasteiger partial charge in [-0.05, 0) is 56.4 Å². The van der Waals surface area contributed by atoms with E-state index < -0.39 is 0 Å². The molecule has 1 heterocycles. The van der Waals surface area contributed by atoms with Gasteiger partial charge < -0.3 is 4.90 Å². The Morgan fingerprint density at radius 3 is 1.77 bits per heavy atom. The minimum absolute atomic E-state index is 0.397. The fourth-order valence-electron chi connectivity index (χ4n) is 3.54. The quantitative estimate of drug-likeness (QED) is 0.685. The van der Waals surface area contributed by atoms with Crippen LogP contribution in [0, 0.1) is 33.6 Å². The van der Waals surface area contributed by atoms with Crippen molar-refractivity contribution >= 4 is 22.9 Å². The summed E-state index contributed by atoms with van der Waals surface area (Å²) in [4.78, 5) is 12.5. The zero-order chi connectivity index (χ0) is 18.8. The lowest BCUT2D eigenvalue weighted by atomic mass is 9.95. The first-order valence-electron chi connectivity index (χ1n) is 9.39. The average Bonchev–Trinajstić information content (AvgIpc) is 2.59. The van der Waals surface area contributed by atoms with E-state index in [-0.39, 0.29) is 0 Å². The standard InChI is InChI=1S/C23H29N3/c1-15-9-7-10-16(2)20(15)24-22-19(5)13-14-26(6)23(22)25-21-17(3)11-8-12-18(21)4/h7-12,19H,13-14H2,1-6H3. The molecule has 2 aromatic carbocycles. The number of hydrogen-bond acceptors (Lipinski definition) is 2. The first-order chi connectivity index (χ1) is 12.4. The number of nitrogens with zero attached hydrogens (tertiary/aromatic N) is 3. The van der Waals surface area contributed by atoms with E-state index >= 15 is 0 Å². The van der Waals surface area contributed by atoms with Gasteiger partial charge in [0, 0.05) is 19.5 Å². The highest BCUT2D eigenvalue weighted by Crippen LogP contribution is 2.29. The number of aryl methyl sites for hydroxylation is 4. The van der Waals surface area contributed by atoms with Gasteiger partial charge in [-0.2, -0.15) is 0 Å². The van der Waals surface area contributed by atoms with Gasteiger partial charge in [0.2, 0.25) is 0 Å². The topological polar surface area (TPSA) is 28.0 Å². The number of para-hydroxylation sites is 2. The maximum absolute atomic E-state index is 5.13. The van der Waals surface area contributed by atoms with Gasteiger partial charge in [0.1, 0.15) is 0 Å². The normalized spacial score (nSPS) is 20.8. The van der Waals surface area contributed by atoms with Crippen molar-refractivity contribution in [3.8, 4) is 0 Å². The van der Waals surface area contributed by atoms with Crippen LogP contribution in [0.2, 0.25) is 0 Å². The summed E-state index contributed by atoms with van der Waals surface area (Å²) < 4.78 is 0. The van der Waals surface area contributed by atoms with Gasteiger partial charge in [-0.1, -0.05) is 43.3 Å². The SMILES string of the molecule is Cc1cccc(C)c1N=C1C(=Nc2c(C)cccc2C)N(C)CCC1C. The van der Waals surface area contributed by atoms with Crippen LogP contribution in [0.1, 0.15) is 35.6 Å².